The van der Waals surface area contributed by atoms with Gasteiger partial charge in [0.15, 0.2) is 0 Å². The Bertz CT molecular complexity index is 402. The van der Waals surface area contributed by atoms with E-state index in [0.717, 1.165) is 24.1 Å². The van der Waals surface area contributed by atoms with E-state index in [1.165, 1.54) is 0 Å². The van der Waals surface area contributed by atoms with E-state index in [1.54, 1.807) is 11.3 Å². The standard InChI is InChI=1S/C13H21N3OS/c1-13(2)6-4-5-11(14-3)12(17)16(13)8-10-7-15-9-18-10/h7,9,11,14H,4-6,8H2,1-3H3. The Morgan fingerprint density at radius 3 is 3.00 bits per heavy atom. The van der Waals surface area contributed by atoms with Gasteiger partial charge in [0, 0.05) is 16.6 Å². The van der Waals surface area contributed by atoms with Crippen LogP contribution in [0, 0.1) is 0 Å². The van der Waals surface area contributed by atoms with Crippen LogP contribution in [-0.4, -0.2) is 34.4 Å². The number of amides is 1. The molecule has 1 aliphatic rings. The number of nitrogens with zero attached hydrogens (tertiary/aromatic N) is 2. The summed E-state index contributed by atoms with van der Waals surface area (Å²) < 4.78 is 0. The highest BCUT2D eigenvalue weighted by Gasteiger charge is 2.37. The maximum atomic E-state index is 12.6. The molecule has 1 atom stereocenters. The molecule has 1 fully saturated rings. The van der Waals surface area contributed by atoms with Crippen LogP contribution < -0.4 is 5.32 Å². The van der Waals surface area contributed by atoms with Gasteiger partial charge in [-0.3, -0.25) is 9.78 Å². The quantitative estimate of drug-likeness (QED) is 0.911. The first-order chi connectivity index (χ1) is 8.54. The fourth-order valence-corrected chi connectivity index (χ4v) is 3.10. The zero-order valence-corrected chi connectivity index (χ0v) is 12.1. The van der Waals surface area contributed by atoms with Crippen LogP contribution in [0.4, 0.5) is 0 Å². The van der Waals surface area contributed by atoms with Crippen LogP contribution in [0.2, 0.25) is 0 Å². The minimum absolute atomic E-state index is 0.0419. The van der Waals surface area contributed by atoms with Crippen LogP contribution >= 0.6 is 11.3 Å². The number of rotatable bonds is 3. The summed E-state index contributed by atoms with van der Waals surface area (Å²) >= 11 is 1.61. The maximum Gasteiger partial charge on any atom is 0.240 e. The molecule has 1 N–H and O–H groups in total. The molecule has 1 aromatic heterocycles. The Balaban J connectivity index is 2.22. The summed E-state index contributed by atoms with van der Waals surface area (Å²) in [5.41, 5.74) is 1.74. The molecule has 1 unspecified atom stereocenters. The Hall–Kier alpha value is -0.940. The van der Waals surface area contributed by atoms with Crippen molar-refractivity contribution in [3.8, 4) is 0 Å². The molecule has 1 amide bonds. The Morgan fingerprint density at radius 2 is 2.39 bits per heavy atom. The maximum absolute atomic E-state index is 12.6. The van der Waals surface area contributed by atoms with Crippen molar-refractivity contribution in [2.75, 3.05) is 7.05 Å². The van der Waals surface area contributed by atoms with E-state index in [4.69, 9.17) is 0 Å². The highest BCUT2D eigenvalue weighted by Crippen LogP contribution is 2.29. The molecule has 1 saturated heterocycles. The number of aromatic nitrogens is 1. The van der Waals surface area contributed by atoms with E-state index in [0.29, 0.717) is 6.54 Å². The molecular weight excluding hydrogens is 246 g/mol. The molecule has 0 saturated carbocycles. The number of thiazole rings is 1. The van der Waals surface area contributed by atoms with Crippen molar-refractivity contribution in [1.82, 2.24) is 15.2 Å². The first-order valence-corrected chi connectivity index (χ1v) is 7.28. The van der Waals surface area contributed by atoms with E-state index in [-0.39, 0.29) is 17.5 Å². The van der Waals surface area contributed by atoms with Crippen molar-refractivity contribution >= 4 is 17.2 Å². The molecule has 0 spiro atoms. The summed E-state index contributed by atoms with van der Waals surface area (Å²) in [5.74, 6) is 0.216. The molecule has 18 heavy (non-hydrogen) atoms. The van der Waals surface area contributed by atoms with Gasteiger partial charge in [0.2, 0.25) is 5.91 Å². The third kappa shape index (κ3) is 2.72. The van der Waals surface area contributed by atoms with Crippen molar-refractivity contribution in [2.24, 2.45) is 0 Å². The number of carbonyl (C=O) groups excluding carboxylic acids is 1. The summed E-state index contributed by atoms with van der Waals surface area (Å²) in [6.07, 6.45) is 4.92. The van der Waals surface area contributed by atoms with Crippen molar-refractivity contribution < 1.29 is 4.79 Å². The minimum atomic E-state index is -0.0767. The van der Waals surface area contributed by atoms with E-state index in [1.807, 2.05) is 23.7 Å². The van der Waals surface area contributed by atoms with Gasteiger partial charge >= 0.3 is 0 Å². The molecule has 4 nitrogen and oxygen atoms in total. The van der Waals surface area contributed by atoms with E-state index >= 15 is 0 Å². The van der Waals surface area contributed by atoms with Crippen LogP contribution in [0.15, 0.2) is 11.7 Å². The first-order valence-electron chi connectivity index (χ1n) is 6.41. The van der Waals surface area contributed by atoms with E-state index in [2.05, 4.69) is 24.1 Å². The largest absolute Gasteiger partial charge is 0.331 e. The Kier molecular flexibility index (Phi) is 4.02. The molecule has 1 aliphatic heterocycles. The number of likely N-dealkylation sites (N-methyl/N-ethyl adjacent to an activating group) is 1. The van der Waals surface area contributed by atoms with Gasteiger partial charge in [-0.2, -0.15) is 0 Å². The van der Waals surface area contributed by atoms with Gasteiger partial charge in [-0.15, -0.1) is 11.3 Å². The Labute approximate surface area is 112 Å². The molecule has 1 aromatic rings. The molecule has 5 heteroatoms. The number of hydrogen-bond donors (Lipinski definition) is 1. The minimum Gasteiger partial charge on any atom is -0.331 e. The van der Waals surface area contributed by atoms with Crippen molar-refractivity contribution in [1.29, 1.82) is 0 Å². The zero-order chi connectivity index (χ0) is 13.2. The lowest BCUT2D eigenvalue weighted by Gasteiger charge is -2.38. The molecule has 2 rings (SSSR count). The summed E-state index contributed by atoms with van der Waals surface area (Å²) in [6, 6.07) is -0.0419. The molecule has 0 bridgehead atoms. The highest BCUT2D eigenvalue weighted by atomic mass is 32.1. The second kappa shape index (κ2) is 5.36. The monoisotopic (exact) mass is 267 g/mol. The van der Waals surface area contributed by atoms with Crippen molar-refractivity contribution in [2.45, 2.75) is 51.2 Å². The van der Waals surface area contributed by atoms with Crippen molar-refractivity contribution in [3.63, 3.8) is 0 Å². The second-order valence-electron chi connectivity index (χ2n) is 5.44. The molecule has 0 aromatic carbocycles. The Morgan fingerprint density at radius 1 is 1.61 bits per heavy atom. The third-order valence-electron chi connectivity index (χ3n) is 3.72. The highest BCUT2D eigenvalue weighted by molar-refractivity contribution is 7.09. The number of carbonyl (C=O) groups is 1. The average Bonchev–Trinajstić information content (AvgIpc) is 2.80. The third-order valence-corrected chi connectivity index (χ3v) is 4.49. The number of hydrogen-bond acceptors (Lipinski definition) is 4. The van der Waals surface area contributed by atoms with Crippen LogP contribution in [0.1, 0.15) is 38.0 Å². The molecule has 0 aliphatic carbocycles. The van der Waals surface area contributed by atoms with Crippen LogP contribution in [-0.2, 0) is 11.3 Å². The van der Waals surface area contributed by atoms with Gasteiger partial charge in [-0.05, 0) is 40.2 Å². The fourth-order valence-electron chi connectivity index (χ4n) is 2.52. The van der Waals surface area contributed by atoms with Gasteiger partial charge in [0.1, 0.15) is 0 Å². The lowest BCUT2D eigenvalue weighted by molar-refractivity contribution is -0.138. The van der Waals surface area contributed by atoms with Gasteiger partial charge < -0.3 is 10.2 Å². The summed E-state index contributed by atoms with van der Waals surface area (Å²) in [6.45, 7) is 4.99. The summed E-state index contributed by atoms with van der Waals surface area (Å²) in [7, 11) is 1.87. The second-order valence-corrected chi connectivity index (χ2v) is 6.41. The molecular formula is C13H21N3OS. The predicted octanol–water partition coefficient (Wildman–Crippen LogP) is 2.02. The van der Waals surface area contributed by atoms with Gasteiger partial charge in [0.25, 0.3) is 0 Å². The average molecular weight is 267 g/mol. The topological polar surface area (TPSA) is 45.2 Å². The van der Waals surface area contributed by atoms with Crippen LogP contribution in [0.5, 0.6) is 0 Å². The predicted molar refractivity (Wildman–Crippen MR) is 73.4 cm³/mol. The first kappa shape index (κ1) is 13.5. The number of likely N-dealkylation sites (tertiary alicyclic amines) is 1. The van der Waals surface area contributed by atoms with Crippen LogP contribution in [0.3, 0.4) is 0 Å². The molecule has 0 radical (unpaired) electrons. The van der Waals surface area contributed by atoms with Crippen molar-refractivity contribution in [3.05, 3.63) is 16.6 Å². The van der Waals surface area contributed by atoms with Gasteiger partial charge in [-0.25, -0.2) is 0 Å². The SMILES string of the molecule is CNC1CCCC(C)(C)N(Cc2cncs2)C1=O. The van der Waals surface area contributed by atoms with Gasteiger partial charge in [-0.1, -0.05) is 0 Å². The molecule has 100 valence electrons. The van der Waals surface area contributed by atoms with Gasteiger partial charge in [0.05, 0.1) is 18.1 Å². The molecule has 2 heterocycles. The summed E-state index contributed by atoms with van der Waals surface area (Å²) in [4.78, 5) is 19.8. The summed E-state index contributed by atoms with van der Waals surface area (Å²) in [5, 5.41) is 3.14. The normalized spacial score (nSPS) is 24.1. The lowest BCUT2D eigenvalue weighted by atomic mass is 9.97. The fraction of sp³-hybridized carbons (Fsp3) is 0.692. The van der Waals surface area contributed by atoms with Crippen LogP contribution in [0.25, 0.3) is 0 Å². The van der Waals surface area contributed by atoms with E-state index in [9.17, 15) is 4.79 Å². The zero-order valence-electron chi connectivity index (χ0n) is 11.3. The number of nitrogens with one attached hydrogen (secondary N) is 1. The van der Waals surface area contributed by atoms with E-state index < -0.39 is 0 Å². The smallest absolute Gasteiger partial charge is 0.240 e. The lowest BCUT2D eigenvalue weighted by Crippen LogP contribution is -2.51.